The van der Waals surface area contributed by atoms with E-state index in [9.17, 15) is 13.2 Å². The molecule has 2 aromatic carbocycles. The minimum Gasteiger partial charge on any atom is -0.497 e. The van der Waals surface area contributed by atoms with E-state index in [0.29, 0.717) is 30.3 Å². The second-order valence-electron chi connectivity index (χ2n) is 6.96. The van der Waals surface area contributed by atoms with Crippen LogP contribution in [0, 0.1) is 0 Å². The molecule has 1 aliphatic rings. The van der Waals surface area contributed by atoms with E-state index in [-0.39, 0.29) is 28.6 Å². The number of ether oxygens (including phenoxy) is 3. The molecule has 168 valence electrons. The third-order valence-corrected chi connectivity index (χ3v) is 7.27. The summed E-state index contributed by atoms with van der Waals surface area (Å²) in [6.45, 7) is 2.98. The molecule has 0 saturated carbocycles. The van der Waals surface area contributed by atoms with Gasteiger partial charge in [0.15, 0.2) is 0 Å². The highest BCUT2D eigenvalue weighted by atomic mass is 35.5. The number of rotatable bonds is 7. The molecule has 1 atom stereocenters. The number of nitrogens with zero attached hydrogens (tertiary/aromatic N) is 1. The van der Waals surface area contributed by atoms with Gasteiger partial charge in [-0.2, -0.15) is 4.31 Å². The Labute approximate surface area is 187 Å². The molecule has 0 aromatic heterocycles. The zero-order chi connectivity index (χ0) is 22.6. The number of hydrogen-bond acceptors (Lipinski definition) is 6. The van der Waals surface area contributed by atoms with Gasteiger partial charge in [0.2, 0.25) is 10.0 Å². The monoisotopic (exact) mass is 468 g/mol. The summed E-state index contributed by atoms with van der Waals surface area (Å²) < 4.78 is 43.1. The van der Waals surface area contributed by atoms with Crippen LogP contribution in [0.2, 0.25) is 5.02 Å². The molecule has 0 unspecified atom stereocenters. The van der Waals surface area contributed by atoms with E-state index in [1.54, 1.807) is 32.2 Å². The van der Waals surface area contributed by atoms with Crippen LogP contribution < -0.4 is 14.8 Å². The molecule has 0 radical (unpaired) electrons. The lowest BCUT2D eigenvalue weighted by atomic mass is 10.1. The standard InChI is InChI=1S/C21H25ClN2O6S/c1-14(17-12-15(28-2)4-7-20(17)29-3)23-21(25)18-13-16(5-6-19(18)22)31(26,27)24-8-10-30-11-9-24/h4-7,12-14H,8-11H2,1-3H3,(H,23,25)/t14-/m1/s1. The van der Waals surface area contributed by atoms with Crippen LogP contribution >= 0.6 is 11.6 Å². The van der Waals surface area contributed by atoms with Gasteiger partial charge in [0.1, 0.15) is 11.5 Å². The van der Waals surface area contributed by atoms with Gasteiger partial charge >= 0.3 is 0 Å². The molecule has 31 heavy (non-hydrogen) atoms. The highest BCUT2D eigenvalue weighted by Crippen LogP contribution is 2.30. The maximum Gasteiger partial charge on any atom is 0.253 e. The average Bonchev–Trinajstić information content (AvgIpc) is 2.79. The zero-order valence-corrected chi connectivity index (χ0v) is 19.1. The van der Waals surface area contributed by atoms with Crippen molar-refractivity contribution >= 4 is 27.5 Å². The molecule has 10 heteroatoms. The van der Waals surface area contributed by atoms with Gasteiger partial charge in [-0.3, -0.25) is 4.79 Å². The van der Waals surface area contributed by atoms with Crippen molar-refractivity contribution in [3.05, 3.63) is 52.5 Å². The molecule has 8 nitrogen and oxygen atoms in total. The third kappa shape index (κ3) is 5.12. The maximum atomic E-state index is 13.0. The second-order valence-corrected chi connectivity index (χ2v) is 9.31. The molecule has 1 amide bonds. The molecular weight excluding hydrogens is 444 g/mol. The predicted molar refractivity (Wildman–Crippen MR) is 116 cm³/mol. The van der Waals surface area contributed by atoms with Gasteiger partial charge in [0, 0.05) is 18.7 Å². The first-order valence-electron chi connectivity index (χ1n) is 9.68. The number of benzene rings is 2. The van der Waals surface area contributed by atoms with Gasteiger partial charge in [-0.15, -0.1) is 0 Å². The van der Waals surface area contributed by atoms with Crippen LogP contribution in [0.5, 0.6) is 11.5 Å². The summed E-state index contributed by atoms with van der Waals surface area (Å²) in [6, 6.07) is 8.95. The number of nitrogens with one attached hydrogen (secondary N) is 1. The van der Waals surface area contributed by atoms with E-state index < -0.39 is 22.0 Å². The SMILES string of the molecule is COc1ccc(OC)c([C@@H](C)NC(=O)c2cc(S(=O)(=O)N3CCOCC3)ccc2Cl)c1. The Morgan fingerprint density at radius 3 is 2.48 bits per heavy atom. The highest BCUT2D eigenvalue weighted by molar-refractivity contribution is 7.89. The van der Waals surface area contributed by atoms with Crippen LogP contribution in [0.3, 0.4) is 0 Å². The lowest BCUT2D eigenvalue weighted by Gasteiger charge is -2.26. The molecule has 0 aliphatic carbocycles. The Morgan fingerprint density at radius 1 is 1.13 bits per heavy atom. The van der Waals surface area contributed by atoms with E-state index in [2.05, 4.69) is 5.32 Å². The van der Waals surface area contributed by atoms with Crippen LogP contribution in [-0.4, -0.2) is 59.2 Å². The topological polar surface area (TPSA) is 94.2 Å². The fraction of sp³-hybridized carbons (Fsp3) is 0.381. The summed E-state index contributed by atoms with van der Waals surface area (Å²) >= 11 is 6.23. The molecule has 3 rings (SSSR count). The number of methoxy groups -OCH3 is 2. The molecular formula is C21H25ClN2O6S. The van der Waals surface area contributed by atoms with Crippen molar-refractivity contribution in [3.63, 3.8) is 0 Å². The normalized spacial score (nSPS) is 15.9. The van der Waals surface area contributed by atoms with Crippen LogP contribution in [0.25, 0.3) is 0 Å². The third-order valence-electron chi connectivity index (χ3n) is 5.04. The molecule has 0 spiro atoms. The quantitative estimate of drug-likeness (QED) is 0.671. The molecule has 1 saturated heterocycles. The molecule has 1 heterocycles. The van der Waals surface area contributed by atoms with Crippen LogP contribution in [-0.2, 0) is 14.8 Å². The smallest absolute Gasteiger partial charge is 0.253 e. The van der Waals surface area contributed by atoms with Crippen molar-refractivity contribution < 1.29 is 27.4 Å². The van der Waals surface area contributed by atoms with Gasteiger partial charge < -0.3 is 19.5 Å². The molecule has 2 aromatic rings. The van der Waals surface area contributed by atoms with Crippen LogP contribution in [0.4, 0.5) is 0 Å². The number of sulfonamides is 1. The van der Waals surface area contributed by atoms with Crippen molar-refractivity contribution in [3.8, 4) is 11.5 Å². The van der Waals surface area contributed by atoms with E-state index in [4.69, 9.17) is 25.8 Å². The van der Waals surface area contributed by atoms with E-state index in [1.165, 1.54) is 29.6 Å². The van der Waals surface area contributed by atoms with Gasteiger partial charge in [-0.25, -0.2) is 8.42 Å². The second kappa shape index (κ2) is 9.86. The minimum absolute atomic E-state index is 0.00978. The Balaban J connectivity index is 1.86. The van der Waals surface area contributed by atoms with Crippen LogP contribution in [0.15, 0.2) is 41.3 Å². The summed E-state index contributed by atoms with van der Waals surface area (Å²) in [5, 5.41) is 3.01. The zero-order valence-electron chi connectivity index (χ0n) is 17.6. The Kier molecular flexibility index (Phi) is 7.42. The van der Waals surface area contributed by atoms with E-state index >= 15 is 0 Å². The summed E-state index contributed by atoms with van der Waals surface area (Å²) in [7, 11) is -0.668. The van der Waals surface area contributed by atoms with Crippen molar-refractivity contribution in [2.75, 3.05) is 40.5 Å². The lowest BCUT2D eigenvalue weighted by molar-refractivity contribution is 0.0730. The number of carbonyl (C=O) groups excluding carboxylic acids is 1. The number of halogens is 1. The minimum atomic E-state index is -3.76. The fourth-order valence-electron chi connectivity index (χ4n) is 3.30. The average molecular weight is 469 g/mol. The Hall–Kier alpha value is -2.33. The number of amides is 1. The van der Waals surface area contributed by atoms with E-state index in [0.717, 1.165) is 0 Å². The lowest BCUT2D eigenvalue weighted by Crippen LogP contribution is -2.40. The number of carbonyl (C=O) groups is 1. The Morgan fingerprint density at radius 2 is 1.84 bits per heavy atom. The maximum absolute atomic E-state index is 13.0. The van der Waals surface area contributed by atoms with Gasteiger partial charge in [-0.05, 0) is 43.3 Å². The molecule has 1 aliphatic heterocycles. The van der Waals surface area contributed by atoms with Gasteiger partial charge in [0.25, 0.3) is 5.91 Å². The predicted octanol–water partition coefficient (Wildman–Crippen LogP) is 2.87. The summed E-state index contributed by atoms with van der Waals surface area (Å²) in [5.74, 6) is 0.707. The largest absolute Gasteiger partial charge is 0.497 e. The summed E-state index contributed by atoms with van der Waals surface area (Å²) in [5.41, 5.74) is 0.785. The number of morpholine rings is 1. The van der Waals surface area contributed by atoms with Crippen molar-refractivity contribution in [2.24, 2.45) is 0 Å². The van der Waals surface area contributed by atoms with Gasteiger partial charge in [-0.1, -0.05) is 11.6 Å². The first-order chi connectivity index (χ1) is 14.8. The van der Waals surface area contributed by atoms with E-state index in [1.807, 2.05) is 0 Å². The van der Waals surface area contributed by atoms with Crippen molar-refractivity contribution in [2.45, 2.75) is 17.9 Å². The first-order valence-corrected chi connectivity index (χ1v) is 11.5. The highest BCUT2D eigenvalue weighted by Gasteiger charge is 2.28. The molecule has 1 fully saturated rings. The Bertz CT molecular complexity index is 1050. The first kappa shape index (κ1) is 23.3. The fourth-order valence-corrected chi connectivity index (χ4v) is 4.94. The molecule has 1 N–H and O–H groups in total. The van der Waals surface area contributed by atoms with Crippen molar-refractivity contribution in [1.82, 2.24) is 9.62 Å². The van der Waals surface area contributed by atoms with Gasteiger partial charge in [0.05, 0.1) is 49.0 Å². The van der Waals surface area contributed by atoms with Crippen molar-refractivity contribution in [1.29, 1.82) is 0 Å². The molecule has 0 bridgehead atoms. The summed E-state index contributed by atoms with van der Waals surface area (Å²) in [4.78, 5) is 13.0. The summed E-state index contributed by atoms with van der Waals surface area (Å²) in [6.07, 6.45) is 0. The van der Waals surface area contributed by atoms with Crippen LogP contribution in [0.1, 0.15) is 28.9 Å². The number of hydrogen-bond donors (Lipinski definition) is 1.